The fourth-order valence-corrected chi connectivity index (χ4v) is 1.62. The lowest BCUT2D eigenvalue weighted by Crippen LogP contribution is -2.22. The van der Waals surface area contributed by atoms with Crippen molar-refractivity contribution < 1.29 is 5.11 Å². The minimum atomic E-state index is -0.167. The zero-order chi connectivity index (χ0) is 9.26. The van der Waals surface area contributed by atoms with Gasteiger partial charge in [0.1, 0.15) is 5.82 Å². The Morgan fingerprint density at radius 3 is 3.08 bits per heavy atom. The van der Waals surface area contributed by atoms with Crippen molar-refractivity contribution in [2.45, 2.75) is 26.0 Å². The van der Waals surface area contributed by atoms with Gasteiger partial charge in [0.15, 0.2) is 5.82 Å². The highest BCUT2D eigenvalue weighted by molar-refractivity contribution is 4.89. The smallest absolute Gasteiger partial charge is 0.164 e. The Kier molecular flexibility index (Phi) is 2.28. The molecule has 2 rings (SSSR count). The zero-order valence-electron chi connectivity index (χ0n) is 7.69. The highest BCUT2D eigenvalue weighted by Gasteiger charge is 2.20. The van der Waals surface area contributed by atoms with Gasteiger partial charge in [0.2, 0.25) is 0 Å². The number of nitrogens with zero attached hydrogens (tertiary/aromatic N) is 3. The predicted octanol–water partition coefficient (Wildman–Crippen LogP) is -0.320. The van der Waals surface area contributed by atoms with E-state index in [1.807, 2.05) is 6.92 Å². The predicted molar refractivity (Wildman–Crippen MR) is 47.0 cm³/mol. The number of rotatable bonds is 2. The lowest BCUT2D eigenvalue weighted by molar-refractivity contribution is 0.174. The van der Waals surface area contributed by atoms with Crippen molar-refractivity contribution in [3.8, 4) is 0 Å². The van der Waals surface area contributed by atoms with Crippen molar-refractivity contribution in [1.82, 2.24) is 20.1 Å². The van der Waals surface area contributed by atoms with Crippen LogP contribution in [0.15, 0.2) is 0 Å². The molecule has 1 aliphatic rings. The maximum atomic E-state index is 9.29. The van der Waals surface area contributed by atoms with Gasteiger partial charge < -0.3 is 5.11 Å². The zero-order valence-corrected chi connectivity index (χ0v) is 7.69. The lowest BCUT2D eigenvalue weighted by Gasteiger charge is -2.11. The molecule has 1 aliphatic heterocycles. The van der Waals surface area contributed by atoms with Crippen molar-refractivity contribution in [3.05, 3.63) is 11.6 Å². The molecular formula is C8H14N4O. The molecule has 5 nitrogen and oxygen atoms in total. The van der Waals surface area contributed by atoms with E-state index in [0.29, 0.717) is 0 Å². The SMILES string of the molecule is Cc1nc(CN2CCC(O)C2)n[nH]1. The fraction of sp³-hybridized carbons (Fsp3) is 0.750. The number of aryl methyl sites for hydroxylation is 1. The Morgan fingerprint density at radius 2 is 2.54 bits per heavy atom. The summed E-state index contributed by atoms with van der Waals surface area (Å²) in [5.74, 6) is 1.65. The van der Waals surface area contributed by atoms with E-state index < -0.39 is 0 Å². The fourth-order valence-electron chi connectivity index (χ4n) is 1.62. The van der Waals surface area contributed by atoms with Crippen LogP contribution in [0.4, 0.5) is 0 Å². The second kappa shape index (κ2) is 3.43. The number of nitrogens with one attached hydrogen (secondary N) is 1. The van der Waals surface area contributed by atoms with Gasteiger partial charge in [0.05, 0.1) is 12.6 Å². The number of aliphatic hydroxyl groups is 1. The highest BCUT2D eigenvalue weighted by atomic mass is 16.3. The van der Waals surface area contributed by atoms with Gasteiger partial charge in [-0.05, 0) is 13.3 Å². The van der Waals surface area contributed by atoms with Gasteiger partial charge >= 0.3 is 0 Å². The van der Waals surface area contributed by atoms with E-state index in [1.165, 1.54) is 0 Å². The summed E-state index contributed by atoms with van der Waals surface area (Å²) >= 11 is 0. The van der Waals surface area contributed by atoms with E-state index in [4.69, 9.17) is 0 Å². The average Bonchev–Trinajstić information content (AvgIpc) is 2.62. The Bertz CT molecular complexity index is 285. The van der Waals surface area contributed by atoms with E-state index in [1.54, 1.807) is 0 Å². The number of aromatic amines is 1. The molecule has 2 N–H and O–H groups in total. The number of hydrogen-bond acceptors (Lipinski definition) is 4. The first-order chi connectivity index (χ1) is 6.24. The first kappa shape index (κ1) is 8.65. The standard InChI is InChI=1S/C8H14N4O/c1-6-9-8(11-10-6)5-12-3-2-7(13)4-12/h7,13H,2-5H2,1H3,(H,9,10,11). The van der Waals surface area contributed by atoms with Crippen molar-refractivity contribution in [1.29, 1.82) is 0 Å². The minimum absolute atomic E-state index is 0.167. The van der Waals surface area contributed by atoms with Gasteiger partial charge in [-0.3, -0.25) is 10.00 Å². The molecule has 13 heavy (non-hydrogen) atoms. The summed E-state index contributed by atoms with van der Waals surface area (Å²) in [5.41, 5.74) is 0. The van der Waals surface area contributed by atoms with Crippen molar-refractivity contribution in [3.63, 3.8) is 0 Å². The lowest BCUT2D eigenvalue weighted by atomic mass is 10.3. The quantitative estimate of drug-likeness (QED) is 0.658. The van der Waals surface area contributed by atoms with Crippen molar-refractivity contribution in [2.75, 3.05) is 13.1 Å². The molecule has 0 aliphatic carbocycles. The number of β-amino-alcohol motifs (C(OH)–C–C–N with tert-alkyl or cyclic N) is 1. The number of H-pyrrole nitrogens is 1. The molecule has 0 aromatic carbocycles. The van der Waals surface area contributed by atoms with Crippen LogP contribution in [0.3, 0.4) is 0 Å². The summed E-state index contributed by atoms with van der Waals surface area (Å²) in [7, 11) is 0. The third-order valence-corrected chi connectivity index (χ3v) is 2.26. The van der Waals surface area contributed by atoms with Crippen molar-refractivity contribution in [2.24, 2.45) is 0 Å². The van der Waals surface area contributed by atoms with Gasteiger partial charge in [-0.1, -0.05) is 0 Å². The van der Waals surface area contributed by atoms with Gasteiger partial charge in [0.25, 0.3) is 0 Å². The second-order valence-electron chi connectivity index (χ2n) is 3.51. The Balaban J connectivity index is 1.91. The van der Waals surface area contributed by atoms with E-state index in [0.717, 1.165) is 37.7 Å². The molecule has 1 saturated heterocycles. The largest absolute Gasteiger partial charge is 0.392 e. The third kappa shape index (κ3) is 2.05. The van der Waals surface area contributed by atoms with E-state index in [-0.39, 0.29) is 6.10 Å². The molecule has 0 amide bonds. The molecule has 0 spiro atoms. The van der Waals surface area contributed by atoms with Crippen LogP contribution < -0.4 is 0 Å². The van der Waals surface area contributed by atoms with E-state index >= 15 is 0 Å². The summed E-state index contributed by atoms with van der Waals surface area (Å²) < 4.78 is 0. The number of likely N-dealkylation sites (tertiary alicyclic amines) is 1. The first-order valence-corrected chi connectivity index (χ1v) is 4.52. The molecule has 72 valence electrons. The molecular weight excluding hydrogens is 168 g/mol. The molecule has 1 fully saturated rings. The van der Waals surface area contributed by atoms with Crippen LogP contribution in [0.5, 0.6) is 0 Å². The Labute approximate surface area is 76.8 Å². The van der Waals surface area contributed by atoms with E-state index in [2.05, 4.69) is 20.1 Å². The summed E-state index contributed by atoms with van der Waals surface area (Å²) in [6.07, 6.45) is 0.698. The number of aliphatic hydroxyl groups excluding tert-OH is 1. The van der Waals surface area contributed by atoms with E-state index in [9.17, 15) is 5.11 Å². The van der Waals surface area contributed by atoms with Crippen LogP contribution in [-0.2, 0) is 6.54 Å². The van der Waals surface area contributed by atoms with Crippen LogP contribution in [0.1, 0.15) is 18.1 Å². The first-order valence-electron chi connectivity index (χ1n) is 4.52. The molecule has 2 heterocycles. The van der Waals surface area contributed by atoms with Crippen molar-refractivity contribution >= 4 is 0 Å². The van der Waals surface area contributed by atoms with Gasteiger partial charge in [-0.15, -0.1) is 0 Å². The highest BCUT2D eigenvalue weighted by Crippen LogP contribution is 2.10. The van der Waals surface area contributed by atoms with Crippen LogP contribution >= 0.6 is 0 Å². The monoisotopic (exact) mass is 182 g/mol. The molecule has 5 heteroatoms. The maximum Gasteiger partial charge on any atom is 0.164 e. The molecule has 0 saturated carbocycles. The normalized spacial score (nSPS) is 24.0. The molecule has 1 atom stereocenters. The van der Waals surface area contributed by atoms with Gasteiger partial charge in [-0.25, -0.2) is 4.98 Å². The molecule has 0 radical (unpaired) electrons. The summed E-state index contributed by atoms with van der Waals surface area (Å²) in [4.78, 5) is 6.37. The van der Waals surface area contributed by atoms with Crippen LogP contribution in [-0.4, -0.2) is 44.4 Å². The van der Waals surface area contributed by atoms with Crippen LogP contribution in [0.2, 0.25) is 0 Å². The van der Waals surface area contributed by atoms with Gasteiger partial charge in [-0.2, -0.15) is 5.10 Å². The average molecular weight is 182 g/mol. The minimum Gasteiger partial charge on any atom is -0.392 e. The molecule has 1 unspecified atom stereocenters. The van der Waals surface area contributed by atoms with Crippen LogP contribution in [0.25, 0.3) is 0 Å². The summed E-state index contributed by atoms with van der Waals surface area (Å²) in [5, 5.41) is 16.1. The number of aromatic nitrogens is 3. The topological polar surface area (TPSA) is 65.0 Å². The maximum absolute atomic E-state index is 9.29. The Hall–Kier alpha value is -0.940. The molecule has 1 aromatic rings. The summed E-state index contributed by atoms with van der Waals surface area (Å²) in [6.45, 7) is 4.30. The van der Waals surface area contributed by atoms with Crippen LogP contribution in [0, 0.1) is 6.92 Å². The summed E-state index contributed by atoms with van der Waals surface area (Å²) in [6, 6.07) is 0. The molecule has 0 bridgehead atoms. The second-order valence-corrected chi connectivity index (χ2v) is 3.51. The number of hydrogen-bond donors (Lipinski definition) is 2. The third-order valence-electron chi connectivity index (χ3n) is 2.26. The molecule has 1 aromatic heterocycles. The van der Waals surface area contributed by atoms with Gasteiger partial charge in [0, 0.05) is 13.1 Å². The Morgan fingerprint density at radius 1 is 1.69 bits per heavy atom.